The highest BCUT2D eigenvalue weighted by molar-refractivity contribution is 6.28. The zero-order valence-corrected chi connectivity index (χ0v) is 39.0. The monoisotopic (exact) mass is 900 g/mol. The second kappa shape index (κ2) is 18.2. The van der Waals surface area contributed by atoms with Gasteiger partial charge in [0, 0.05) is 33.5 Å². The van der Waals surface area contributed by atoms with Crippen molar-refractivity contribution in [1.82, 2.24) is 0 Å². The third-order valence-electron chi connectivity index (χ3n) is 13.5. The molecule has 12 rings (SSSR count). The first-order valence-electron chi connectivity index (χ1n) is 23.7. The predicted molar refractivity (Wildman–Crippen MR) is 294 cm³/mol. The van der Waals surface area contributed by atoms with E-state index in [0.717, 1.165) is 101 Å². The Bertz CT molecular complexity index is 3400. The van der Waals surface area contributed by atoms with Gasteiger partial charge in [0.1, 0.15) is 11.5 Å². The first-order valence-corrected chi connectivity index (χ1v) is 23.7. The van der Waals surface area contributed by atoms with Crippen LogP contribution in [0.5, 0.6) is 11.5 Å². The van der Waals surface area contributed by atoms with Crippen LogP contribution in [0.15, 0.2) is 255 Å². The molecule has 0 unspecified atom stereocenters. The summed E-state index contributed by atoms with van der Waals surface area (Å²) in [6.45, 7) is 0. The fraction of sp³-hybridized carbons (Fsp3) is 0.0303. The van der Waals surface area contributed by atoms with Crippen molar-refractivity contribution in [2.45, 2.75) is 0 Å². The Morgan fingerprint density at radius 1 is 0.257 bits per heavy atom. The van der Waals surface area contributed by atoms with Gasteiger partial charge < -0.3 is 19.3 Å². The minimum atomic E-state index is 0.807. The first-order chi connectivity index (χ1) is 34.6. The summed E-state index contributed by atoms with van der Waals surface area (Å²) in [6, 6.07) is 91.8. The van der Waals surface area contributed by atoms with E-state index >= 15 is 0 Å². The molecule has 0 N–H and O–H groups in total. The van der Waals surface area contributed by atoms with Crippen LogP contribution >= 0.6 is 0 Å². The number of anilines is 6. The fourth-order valence-corrected chi connectivity index (χ4v) is 10.1. The van der Waals surface area contributed by atoms with Gasteiger partial charge in [0.15, 0.2) is 0 Å². The molecule has 0 aliphatic carbocycles. The van der Waals surface area contributed by atoms with Crippen molar-refractivity contribution in [1.29, 1.82) is 0 Å². The molecule has 0 saturated carbocycles. The molecule has 0 aliphatic rings. The number of hydrogen-bond acceptors (Lipinski definition) is 4. The lowest BCUT2D eigenvalue weighted by Crippen LogP contribution is -2.12. The molecule has 0 heterocycles. The lowest BCUT2D eigenvalue weighted by Gasteiger charge is -2.30. The molecule has 334 valence electrons. The molecule has 0 spiro atoms. The normalized spacial score (nSPS) is 11.3. The average Bonchev–Trinajstić information content (AvgIpc) is 3.44. The molecule has 4 heteroatoms. The standard InChI is InChI=1S/C66H48N2O2/c1-69-59-31-27-55(28-32-59)67(57-41-51(45-15-7-3-8-16-45)39-52(42-57)46-17-9-4-10-18-46)63-37-25-49-24-36-62-64(38-26-50-23-35-61(63)65(49)66(50)62)68(56-29-33-60(70-2)34-30-56)58-43-53(47-19-11-5-12-20-47)40-54(44-58)48-21-13-6-14-22-48/h3-44H,1-2H3. The summed E-state index contributed by atoms with van der Waals surface area (Å²) < 4.78 is 11.4. The molecule has 0 saturated heterocycles. The van der Waals surface area contributed by atoms with Crippen LogP contribution in [0.3, 0.4) is 0 Å². The van der Waals surface area contributed by atoms with E-state index in [1.807, 2.05) is 24.3 Å². The van der Waals surface area contributed by atoms with Crippen LogP contribution in [0, 0.1) is 0 Å². The van der Waals surface area contributed by atoms with Gasteiger partial charge in [0.2, 0.25) is 0 Å². The molecule has 0 bridgehead atoms. The highest BCUT2D eigenvalue weighted by Gasteiger charge is 2.24. The van der Waals surface area contributed by atoms with E-state index in [-0.39, 0.29) is 0 Å². The third kappa shape index (κ3) is 7.81. The van der Waals surface area contributed by atoms with Gasteiger partial charge in [-0.3, -0.25) is 0 Å². The SMILES string of the molecule is COc1ccc(N(c2cc(-c3ccccc3)cc(-c3ccccc3)c2)c2ccc3ccc4c(N(c5ccc(OC)cc5)c5cc(-c6ccccc6)cc(-c6ccccc6)c5)ccc5ccc2c3c54)cc1. The summed E-state index contributed by atoms with van der Waals surface area (Å²) in [4.78, 5) is 4.82. The number of nitrogens with zero attached hydrogens (tertiary/aromatic N) is 2. The van der Waals surface area contributed by atoms with Gasteiger partial charge in [0.05, 0.1) is 25.6 Å². The van der Waals surface area contributed by atoms with Crippen molar-refractivity contribution < 1.29 is 9.47 Å². The molecule has 0 atom stereocenters. The molecular formula is C66H48N2O2. The van der Waals surface area contributed by atoms with Gasteiger partial charge in [-0.15, -0.1) is 0 Å². The lowest BCUT2D eigenvalue weighted by atomic mass is 9.91. The van der Waals surface area contributed by atoms with E-state index in [9.17, 15) is 0 Å². The van der Waals surface area contributed by atoms with Crippen molar-refractivity contribution in [2.75, 3.05) is 24.0 Å². The van der Waals surface area contributed by atoms with Crippen molar-refractivity contribution in [3.63, 3.8) is 0 Å². The highest BCUT2D eigenvalue weighted by atomic mass is 16.5. The predicted octanol–water partition coefficient (Wildman–Crippen LogP) is 18.2. The number of methoxy groups -OCH3 is 2. The smallest absolute Gasteiger partial charge is 0.119 e. The number of ether oxygens (including phenoxy) is 2. The van der Waals surface area contributed by atoms with E-state index in [0.29, 0.717) is 0 Å². The summed E-state index contributed by atoms with van der Waals surface area (Å²) in [6.07, 6.45) is 0. The molecule has 0 aliphatic heterocycles. The van der Waals surface area contributed by atoms with Gasteiger partial charge in [0.25, 0.3) is 0 Å². The first kappa shape index (κ1) is 42.2. The maximum atomic E-state index is 5.70. The summed E-state index contributed by atoms with van der Waals surface area (Å²) in [7, 11) is 3.44. The van der Waals surface area contributed by atoms with Gasteiger partial charge in [-0.1, -0.05) is 158 Å². The Balaban J connectivity index is 1.10. The molecule has 4 nitrogen and oxygen atoms in total. The minimum absolute atomic E-state index is 0.807. The van der Waals surface area contributed by atoms with Crippen LogP contribution in [-0.2, 0) is 0 Å². The number of benzene rings is 12. The summed E-state index contributed by atoms with van der Waals surface area (Å²) in [5.41, 5.74) is 15.5. The maximum Gasteiger partial charge on any atom is 0.119 e. The van der Waals surface area contributed by atoms with Gasteiger partial charge in [-0.05, 0) is 163 Å². The van der Waals surface area contributed by atoms with Gasteiger partial charge in [-0.25, -0.2) is 0 Å². The number of rotatable bonds is 12. The molecule has 12 aromatic carbocycles. The van der Waals surface area contributed by atoms with Crippen molar-refractivity contribution >= 4 is 66.4 Å². The Hall–Kier alpha value is -9.12. The third-order valence-corrected chi connectivity index (χ3v) is 13.5. The van der Waals surface area contributed by atoms with E-state index in [1.165, 1.54) is 21.5 Å². The Morgan fingerprint density at radius 2 is 0.557 bits per heavy atom. The van der Waals surface area contributed by atoms with Crippen LogP contribution in [0.25, 0.3) is 76.8 Å². The van der Waals surface area contributed by atoms with Crippen molar-refractivity contribution in [3.8, 4) is 56.0 Å². The summed E-state index contributed by atoms with van der Waals surface area (Å²) in [5, 5.41) is 7.10. The zero-order valence-electron chi connectivity index (χ0n) is 39.0. The van der Waals surface area contributed by atoms with E-state index in [4.69, 9.17) is 9.47 Å². The summed E-state index contributed by atoms with van der Waals surface area (Å²) >= 11 is 0. The second-order valence-electron chi connectivity index (χ2n) is 17.7. The Labute approximate surface area is 408 Å². The molecule has 0 fully saturated rings. The van der Waals surface area contributed by atoms with Crippen LogP contribution in [0.2, 0.25) is 0 Å². The fourth-order valence-electron chi connectivity index (χ4n) is 10.1. The molecule has 0 aromatic heterocycles. The average molecular weight is 901 g/mol. The van der Waals surface area contributed by atoms with Crippen LogP contribution in [-0.4, -0.2) is 14.2 Å². The largest absolute Gasteiger partial charge is 0.497 e. The maximum absolute atomic E-state index is 5.70. The second-order valence-corrected chi connectivity index (χ2v) is 17.7. The van der Waals surface area contributed by atoms with Crippen molar-refractivity contribution in [2.24, 2.45) is 0 Å². The van der Waals surface area contributed by atoms with Crippen molar-refractivity contribution in [3.05, 3.63) is 255 Å². The Morgan fingerprint density at radius 3 is 0.857 bits per heavy atom. The zero-order chi connectivity index (χ0) is 47.0. The molecule has 12 aromatic rings. The van der Waals surface area contributed by atoms with Gasteiger partial charge >= 0.3 is 0 Å². The van der Waals surface area contributed by atoms with Crippen LogP contribution in [0.4, 0.5) is 34.1 Å². The Kier molecular flexibility index (Phi) is 11.0. The molecule has 70 heavy (non-hydrogen) atoms. The van der Waals surface area contributed by atoms with E-state index in [2.05, 4.69) is 240 Å². The van der Waals surface area contributed by atoms with Crippen LogP contribution < -0.4 is 19.3 Å². The minimum Gasteiger partial charge on any atom is -0.497 e. The van der Waals surface area contributed by atoms with E-state index in [1.54, 1.807) is 14.2 Å². The van der Waals surface area contributed by atoms with Gasteiger partial charge in [-0.2, -0.15) is 0 Å². The molecule has 0 amide bonds. The number of hydrogen-bond donors (Lipinski definition) is 0. The van der Waals surface area contributed by atoms with Crippen LogP contribution in [0.1, 0.15) is 0 Å². The highest BCUT2D eigenvalue weighted by Crippen LogP contribution is 2.49. The summed E-state index contributed by atoms with van der Waals surface area (Å²) in [5.74, 6) is 1.61. The quantitative estimate of drug-likeness (QED) is 0.114. The van der Waals surface area contributed by atoms with E-state index < -0.39 is 0 Å². The topological polar surface area (TPSA) is 24.9 Å². The lowest BCUT2D eigenvalue weighted by molar-refractivity contribution is 0.414. The molecular weight excluding hydrogens is 853 g/mol. The molecule has 0 radical (unpaired) electrons.